The SMILES string of the molecule is CCCN(C1CCC(N)CC1)C1CC(C)CCC1C. The van der Waals surface area contributed by atoms with Crippen LogP contribution in [0.3, 0.4) is 0 Å². The molecule has 2 rings (SSSR count). The van der Waals surface area contributed by atoms with Crippen molar-refractivity contribution in [2.24, 2.45) is 17.6 Å². The fourth-order valence-corrected chi connectivity index (χ4v) is 4.28. The molecule has 0 amide bonds. The molecule has 0 aromatic rings. The van der Waals surface area contributed by atoms with Crippen LogP contribution in [0.15, 0.2) is 0 Å². The molecule has 0 spiro atoms. The van der Waals surface area contributed by atoms with Crippen LogP contribution in [-0.2, 0) is 0 Å². The minimum Gasteiger partial charge on any atom is -0.328 e. The topological polar surface area (TPSA) is 29.3 Å². The highest BCUT2D eigenvalue weighted by Gasteiger charge is 2.34. The monoisotopic (exact) mass is 266 g/mol. The standard InChI is InChI=1S/C17H34N2/c1-4-11-19(16-9-7-15(18)8-10-16)17-12-13(2)5-6-14(17)3/h13-17H,4-12,18H2,1-3H3. The fourth-order valence-electron chi connectivity index (χ4n) is 4.28. The molecule has 2 heteroatoms. The third kappa shape index (κ3) is 3.95. The van der Waals surface area contributed by atoms with Gasteiger partial charge >= 0.3 is 0 Å². The zero-order valence-electron chi connectivity index (χ0n) is 13.3. The lowest BCUT2D eigenvalue weighted by Gasteiger charge is -2.46. The maximum atomic E-state index is 6.08. The van der Waals surface area contributed by atoms with Crippen LogP contribution in [-0.4, -0.2) is 29.6 Å². The molecule has 2 nitrogen and oxygen atoms in total. The van der Waals surface area contributed by atoms with Gasteiger partial charge in [-0.3, -0.25) is 4.90 Å². The molecule has 3 unspecified atom stereocenters. The van der Waals surface area contributed by atoms with Crippen molar-refractivity contribution in [3.8, 4) is 0 Å². The normalized spacial score (nSPS) is 40.6. The van der Waals surface area contributed by atoms with Gasteiger partial charge in [-0.15, -0.1) is 0 Å². The zero-order chi connectivity index (χ0) is 13.8. The Morgan fingerprint density at radius 2 is 1.68 bits per heavy atom. The smallest absolute Gasteiger partial charge is 0.0126 e. The highest BCUT2D eigenvalue weighted by molar-refractivity contribution is 4.89. The summed E-state index contributed by atoms with van der Waals surface area (Å²) >= 11 is 0. The molecule has 0 radical (unpaired) electrons. The van der Waals surface area contributed by atoms with Crippen LogP contribution in [0, 0.1) is 11.8 Å². The van der Waals surface area contributed by atoms with E-state index in [4.69, 9.17) is 5.73 Å². The Balaban J connectivity index is 2.01. The van der Waals surface area contributed by atoms with Crippen LogP contribution in [0.4, 0.5) is 0 Å². The van der Waals surface area contributed by atoms with Crippen molar-refractivity contribution in [3.63, 3.8) is 0 Å². The summed E-state index contributed by atoms with van der Waals surface area (Å²) in [4.78, 5) is 2.88. The van der Waals surface area contributed by atoms with Gasteiger partial charge in [-0.25, -0.2) is 0 Å². The lowest BCUT2D eigenvalue weighted by Crippen LogP contribution is -2.50. The van der Waals surface area contributed by atoms with Gasteiger partial charge in [-0.2, -0.15) is 0 Å². The number of nitrogens with two attached hydrogens (primary N) is 1. The quantitative estimate of drug-likeness (QED) is 0.839. The molecule has 3 atom stereocenters. The van der Waals surface area contributed by atoms with Crippen molar-refractivity contribution in [2.45, 2.75) is 90.3 Å². The highest BCUT2D eigenvalue weighted by atomic mass is 15.2. The molecule has 0 aromatic carbocycles. The molecule has 2 aliphatic carbocycles. The van der Waals surface area contributed by atoms with E-state index in [-0.39, 0.29) is 0 Å². The summed E-state index contributed by atoms with van der Waals surface area (Å²) in [7, 11) is 0. The first-order valence-corrected chi connectivity index (χ1v) is 8.63. The van der Waals surface area contributed by atoms with Gasteiger partial charge in [-0.05, 0) is 63.3 Å². The van der Waals surface area contributed by atoms with Gasteiger partial charge in [0.25, 0.3) is 0 Å². The van der Waals surface area contributed by atoms with E-state index in [9.17, 15) is 0 Å². The Morgan fingerprint density at radius 1 is 1.00 bits per heavy atom. The molecule has 2 saturated carbocycles. The second kappa shape index (κ2) is 7.08. The van der Waals surface area contributed by atoms with E-state index in [1.54, 1.807) is 0 Å². The van der Waals surface area contributed by atoms with E-state index in [0.29, 0.717) is 6.04 Å². The minimum atomic E-state index is 0.474. The van der Waals surface area contributed by atoms with Crippen LogP contribution >= 0.6 is 0 Å². The molecule has 0 aromatic heterocycles. The third-order valence-electron chi connectivity index (χ3n) is 5.53. The van der Waals surface area contributed by atoms with E-state index in [2.05, 4.69) is 25.7 Å². The Labute approximate surface area is 120 Å². The Morgan fingerprint density at radius 3 is 2.32 bits per heavy atom. The maximum absolute atomic E-state index is 6.08. The average Bonchev–Trinajstić information content (AvgIpc) is 2.40. The van der Waals surface area contributed by atoms with E-state index < -0.39 is 0 Å². The van der Waals surface area contributed by atoms with Crippen LogP contribution in [0.1, 0.15) is 72.1 Å². The molecule has 2 N–H and O–H groups in total. The predicted molar refractivity (Wildman–Crippen MR) is 83.2 cm³/mol. The van der Waals surface area contributed by atoms with Crippen molar-refractivity contribution in [2.75, 3.05) is 6.54 Å². The second-order valence-electron chi connectivity index (χ2n) is 7.27. The summed E-state index contributed by atoms with van der Waals surface area (Å²) < 4.78 is 0. The number of nitrogens with zero attached hydrogens (tertiary/aromatic N) is 1. The zero-order valence-corrected chi connectivity index (χ0v) is 13.3. The molecule has 112 valence electrons. The molecule has 0 saturated heterocycles. The maximum Gasteiger partial charge on any atom is 0.0126 e. The summed E-state index contributed by atoms with van der Waals surface area (Å²) in [6.07, 6.45) is 10.7. The van der Waals surface area contributed by atoms with Gasteiger partial charge in [0.1, 0.15) is 0 Å². The van der Waals surface area contributed by atoms with Gasteiger partial charge < -0.3 is 5.73 Å². The summed E-state index contributed by atoms with van der Waals surface area (Å²) in [5, 5.41) is 0. The van der Waals surface area contributed by atoms with Gasteiger partial charge in [0.05, 0.1) is 0 Å². The Bertz CT molecular complexity index is 258. The van der Waals surface area contributed by atoms with E-state index in [1.165, 1.54) is 57.9 Å². The van der Waals surface area contributed by atoms with Crippen LogP contribution in [0.2, 0.25) is 0 Å². The summed E-state index contributed by atoms with van der Waals surface area (Å²) in [5.41, 5.74) is 6.08. The van der Waals surface area contributed by atoms with Crippen molar-refractivity contribution >= 4 is 0 Å². The first-order valence-electron chi connectivity index (χ1n) is 8.63. The van der Waals surface area contributed by atoms with E-state index in [1.807, 2.05) is 0 Å². The molecule has 2 aliphatic rings. The molecule has 19 heavy (non-hydrogen) atoms. The summed E-state index contributed by atoms with van der Waals surface area (Å²) in [5.74, 6) is 1.81. The van der Waals surface area contributed by atoms with Crippen molar-refractivity contribution in [1.82, 2.24) is 4.90 Å². The second-order valence-corrected chi connectivity index (χ2v) is 7.27. The van der Waals surface area contributed by atoms with Crippen molar-refractivity contribution in [3.05, 3.63) is 0 Å². The Hall–Kier alpha value is -0.0800. The predicted octanol–water partition coefficient (Wildman–Crippen LogP) is 3.79. The largest absolute Gasteiger partial charge is 0.328 e. The third-order valence-corrected chi connectivity index (χ3v) is 5.53. The first-order chi connectivity index (χ1) is 9.11. The van der Waals surface area contributed by atoms with Crippen molar-refractivity contribution < 1.29 is 0 Å². The molecule has 0 bridgehead atoms. The minimum absolute atomic E-state index is 0.474. The summed E-state index contributed by atoms with van der Waals surface area (Å²) in [6.45, 7) is 8.55. The number of rotatable bonds is 4. The number of hydrogen-bond acceptors (Lipinski definition) is 2. The van der Waals surface area contributed by atoms with Gasteiger partial charge in [0.15, 0.2) is 0 Å². The molecular weight excluding hydrogens is 232 g/mol. The van der Waals surface area contributed by atoms with Crippen molar-refractivity contribution in [1.29, 1.82) is 0 Å². The summed E-state index contributed by atoms with van der Waals surface area (Å²) in [6, 6.07) is 2.13. The Kier molecular flexibility index (Phi) is 5.70. The molecular formula is C17H34N2. The molecule has 0 heterocycles. The van der Waals surface area contributed by atoms with Crippen LogP contribution in [0.5, 0.6) is 0 Å². The molecule has 0 aliphatic heterocycles. The first kappa shape index (κ1) is 15.3. The fraction of sp³-hybridized carbons (Fsp3) is 1.00. The highest BCUT2D eigenvalue weighted by Crippen LogP contribution is 2.35. The lowest BCUT2D eigenvalue weighted by molar-refractivity contribution is 0.0361. The van der Waals surface area contributed by atoms with Crippen LogP contribution in [0.25, 0.3) is 0 Å². The molecule has 2 fully saturated rings. The van der Waals surface area contributed by atoms with E-state index in [0.717, 1.165) is 23.9 Å². The van der Waals surface area contributed by atoms with Gasteiger partial charge in [-0.1, -0.05) is 27.2 Å². The van der Waals surface area contributed by atoms with Crippen LogP contribution < -0.4 is 5.73 Å². The van der Waals surface area contributed by atoms with Gasteiger partial charge in [0, 0.05) is 18.1 Å². The average molecular weight is 266 g/mol. The van der Waals surface area contributed by atoms with E-state index >= 15 is 0 Å². The number of hydrogen-bond donors (Lipinski definition) is 1. The van der Waals surface area contributed by atoms with Gasteiger partial charge in [0.2, 0.25) is 0 Å². The lowest BCUT2D eigenvalue weighted by atomic mass is 9.77.